The molecule has 6 heteroatoms. The third-order valence-electron chi connectivity index (χ3n) is 2.69. The number of hydrogen-bond acceptors (Lipinski definition) is 3. The number of carbonyl (C=O) groups is 1. The van der Waals surface area contributed by atoms with Crippen LogP contribution in [0.25, 0.3) is 0 Å². The van der Waals surface area contributed by atoms with Gasteiger partial charge in [0.25, 0.3) is 5.91 Å². The average Bonchev–Trinajstić information content (AvgIpc) is 2.91. The number of aromatic amines is 1. The summed E-state index contributed by atoms with van der Waals surface area (Å²) < 4.78 is 5.88. The van der Waals surface area contributed by atoms with Gasteiger partial charge in [0.15, 0.2) is 0 Å². The van der Waals surface area contributed by atoms with E-state index in [0.717, 1.165) is 10.3 Å². The fraction of sp³-hybridized carbons (Fsp3) is 0.231. The zero-order valence-corrected chi connectivity index (χ0v) is 12.3. The van der Waals surface area contributed by atoms with E-state index in [1.165, 1.54) is 0 Å². The van der Waals surface area contributed by atoms with Crippen molar-refractivity contribution >= 4 is 21.8 Å². The summed E-state index contributed by atoms with van der Waals surface area (Å²) >= 11 is 3.38. The van der Waals surface area contributed by atoms with Gasteiger partial charge < -0.3 is 14.6 Å². The van der Waals surface area contributed by atoms with Crippen molar-refractivity contribution in [3.8, 4) is 5.75 Å². The van der Waals surface area contributed by atoms with Crippen molar-refractivity contribution in [1.82, 2.24) is 14.9 Å². The number of benzene rings is 1. The van der Waals surface area contributed by atoms with E-state index in [4.69, 9.17) is 4.74 Å². The summed E-state index contributed by atoms with van der Waals surface area (Å²) in [6.07, 6.45) is 3.39. The van der Waals surface area contributed by atoms with E-state index in [9.17, 15) is 4.79 Å². The number of hydrogen-bond donors (Lipinski definition) is 1. The fourth-order valence-corrected chi connectivity index (χ4v) is 2.10. The second kappa shape index (κ2) is 5.88. The summed E-state index contributed by atoms with van der Waals surface area (Å²) in [6, 6.07) is 5.31. The van der Waals surface area contributed by atoms with Crippen molar-refractivity contribution in [3.05, 3.63) is 46.5 Å². The Bertz CT molecular complexity index is 569. The Labute approximate surface area is 119 Å². The van der Waals surface area contributed by atoms with Crippen molar-refractivity contribution < 1.29 is 9.53 Å². The first-order valence-electron chi connectivity index (χ1n) is 5.69. The quantitative estimate of drug-likeness (QED) is 0.940. The summed E-state index contributed by atoms with van der Waals surface area (Å²) in [7, 11) is 3.31. The molecule has 2 rings (SSSR count). The molecular weight excluding hydrogens is 310 g/mol. The molecule has 0 bridgehead atoms. The molecule has 0 aliphatic rings. The van der Waals surface area contributed by atoms with E-state index in [0.29, 0.717) is 17.9 Å². The molecule has 1 heterocycles. The zero-order valence-electron chi connectivity index (χ0n) is 10.7. The highest BCUT2D eigenvalue weighted by Gasteiger charge is 2.16. The Morgan fingerprint density at radius 1 is 1.53 bits per heavy atom. The van der Waals surface area contributed by atoms with Gasteiger partial charge in [-0.3, -0.25) is 4.79 Å². The lowest BCUT2D eigenvalue weighted by Gasteiger charge is -2.17. The molecule has 0 spiro atoms. The molecule has 0 unspecified atom stereocenters. The van der Waals surface area contributed by atoms with E-state index >= 15 is 0 Å². The highest BCUT2D eigenvalue weighted by molar-refractivity contribution is 9.10. The Morgan fingerprint density at radius 3 is 2.95 bits per heavy atom. The maximum atomic E-state index is 12.4. The third-order valence-corrected chi connectivity index (χ3v) is 3.38. The maximum absolute atomic E-state index is 12.4. The van der Waals surface area contributed by atoms with Gasteiger partial charge in [0.2, 0.25) is 0 Å². The van der Waals surface area contributed by atoms with Gasteiger partial charge in [-0.25, -0.2) is 4.98 Å². The second-order valence-corrected chi connectivity index (χ2v) is 4.90. The fourth-order valence-electron chi connectivity index (χ4n) is 1.68. The summed E-state index contributed by atoms with van der Waals surface area (Å²) in [5.74, 6) is 1.30. The van der Waals surface area contributed by atoms with Crippen LogP contribution in [0.3, 0.4) is 0 Å². The number of ether oxygens (including phenoxy) is 1. The first-order chi connectivity index (χ1) is 9.11. The largest absolute Gasteiger partial charge is 0.497 e. The number of nitrogens with one attached hydrogen (secondary N) is 1. The molecule has 1 aromatic heterocycles. The van der Waals surface area contributed by atoms with Gasteiger partial charge in [0.05, 0.1) is 19.2 Å². The van der Waals surface area contributed by atoms with E-state index in [1.54, 1.807) is 49.7 Å². The van der Waals surface area contributed by atoms with Gasteiger partial charge in [-0.15, -0.1) is 0 Å². The van der Waals surface area contributed by atoms with Crippen molar-refractivity contribution in [2.75, 3.05) is 14.2 Å². The van der Waals surface area contributed by atoms with Gasteiger partial charge in [-0.05, 0) is 34.1 Å². The van der Waals surface area contributed by atoms with Crippen LogP contribution < -0.4 is 4.74 Å². The first kappa shape index (κ1) is 13.6. The lowest BCUT2D eigenvalue weighted by Crippen LogP contribution is -2.27. The maximum Gasteiger partial charge on any atom is 0.255 e. The molecule has 1 N–H and O–H groups in total. The highest BCUT2D eigenvalue weighted by atomic mass is 79.9. The third kappa shape index (κ3) is 3.14. The Hall–Kier alpha value is -1.82. The van der Waals surface area contributed by atoms with Crippen molar-refractivity contribution in [1.29, 1.82) is 0 Å². The van der Waals surface area contributed by atoms with Crippen molar-refractivity contribution in [2.24, 2.45) is 0 Å². The number of methoxy groups -OCH3 is 1. The lowest BCUT2D eigenvalue weighted by molar-refractivity contribution is 0.0780. The van der Waals surface area contributed by atoms with Crippen LogP contribution in [0.15, 0.2) is 35.1 Å². The summed E-state index contributed by atoms with van der Waals surface area (Å²) in [4.78, 5) is 21.0. The van der Waals surface area contributed by atoms with E-state index in [-0.39, 0.29) is 5.91 Å². The van der Waals surface area contributed by atoms with E-state index in [1.807, 2.05) is 0 Å². The highest BCUT2D eigenvalue weighted by Crippen LogP contribution is 2.23. The van der Waals surface area contributed by atoms with Crippen LogP contribution in [0.4, 0.5) is 0 Å². The molecule has 0 aliphatic heterocycles. The molecule has 19 heavy (non-hydrogen) atoms. The molecule has 2 aromatic rings. The molecular formula is C13H14BrN3O2. The average molecular weight is 324 g/mol. The predicted octanol–water partition coefficient (Wildman–Crippen LogP) is 2.45. The molecule has 0 radical (unpaired) electrons. The number of amides is 1. The number of halogens is 1. The van der Waals surface area contributed by atoms with Gasteiger partial charge in [0.1, 0.15) is 11.6 Å². The molecule has 1 amide bonds. The SMILES string of the molecule is COc1ccc(Br)c(C(=O)N(C)Cc2ncc[nH]2)c1. The number of H-pyrrole nitrogens is 1. The number of carbonyl (C=O) groups excluding carboxylic acids is 1. The van der Waals surface area contributed by atoms with Crippen LogP contribution in [0, 0.1) is 0 Å². The summed E-state index contributed by atoms with van der Waals surface area (Å²) in [5.41, 5.74) is 0.563. The van der Waals surface area contributed by atoms with E-state index < -0.39 is 0 Å². The Kier molecular flexibility index (Phi) is 4.21. The summed E-state index contributed by atoms with van der Waals surface area (Å²) in [6.45, 7) is 0.426. The van der Waals surface area contributed by atoms with Crippen LogP contribution in [0.5, 0.6) is 5.75 Å². The molecule has 0 aliphatic carbocycles. The van der Waals surface area contributed by atoms with Gasteiger partial charge >= 0.3 is 0 Å². The standard InChI is InChI=1S/C13H14BrN3O2/c1-17(8-12-15-5-6-16-12)13(18)10-7-9(19-2)3-4-11(10)14/h3-7H,8H2,1-2H3,(H,15,16). The molecule has 100 valence electrons. The number of imidazole rings is 1. The molecule has 5 nitrogen and oxygen atoms in total. The Morgan fingerprint density at radius 2 is 2.32 bits per heavy atom. The van der Waals surface area contributed by atoms with Gasteiger partial charge in [-0.2, -0.15) is 0 Å². The lowest BCUT2D eigenvalue weighted by atomic mass is 10.2. The number of nitrogens with zero attached hydrogens (tertiary/aromatic N) is 2. The number of rotatable bonds is 4. The Balaban J connectivity index is 2.18. The molecule has 0 saturated heterocycles. The number of aromatic nitrogens is 2. The van der Waals surface area contributed by atoms with Crippen molar-refractivity contribution in [3.63, 3.8) is 0 Å². The topological polar surface area (TPSA) is 58.2 Å². The summed E-state index contributed by atoms with van der Waals surface area (Å²) in [5, 5.41) is 0. The minimum Gasteiger partial charge on any atom is -0.497 e. The van der Waals surface area contributed by atoms with Crippen LogP contribution in [-0.2, 0) is 6.54 Å². The van der Waals surface area contributed by atoms with E-state index in [2.05, 4.69) is 25.9 Å². The van der Waals surface area contributed by atoms with Crippen LogP contribution in [0.2, 0.25) is 0 Å². The molecule has 0 atom stereocenters. The normalized spacial score (nSPS) is 10.3. The van der Waals surface area contributed by atoms with Gasteiger partial charge in [0, 0.05) is 23.9 Å². The van der Waals surface area contributed by atoms with Crippen LogP contribution in [-0.4, -0.2) is 34.9 Å². The predicted molar refractivity (Wildman–Crippen MR) is 75.1 cm³/mol. The minimum atomic E-state index is -0.0952. The zero-order chi connectivity index (χ0) is 13.8. The molecule has 0 fully saturated rings. The monoisotopic (exact) mass is 323 g/mol. The van der Waals surface area contributed by atoms with Crippen molar-refractivity contribution in [2.45, 2.75) is 6.54 Å². The second-order valence-electron chi connectivity index (χ2n) is 4.04. The van der Waals surface area contributed by atoms with Crippen LogP contribution in [0.1, 0.15) is 16.2 Å². The van der Waals surface area contributed by atoms with Gasteiger partial charge in [-0.1, -0.05) is 0 Å². The van der Waals surface area contributed by atoms with Crippen LogP contribution >= 0.6 is 15.9 Å². The molecule has 1 aromatic carbocycles. The smallest absolute Gasteiger partial charge is 0.255 e. The molecule has 0 saturated carbocycles. The first-order valence-corrected chi connectivity index (χ1v) is 6.48. The minimum absolute atomic E-state index is 0.0952.